The van der Waals surface area contributed by atoms with Crippen LogP contribution in [0.2, 0.25) is 0 Å². The van der Waals surface area contributed by atoms with E-state index in [0.29, 0.717) is 5.75 Å². The van der Waals surface area contributed by atoms with Gasteiger partial charge in [-0.3, -0.25) is 0 Å². The van der Waals surface area contributed by atoms with Gasteiger partial charge in [0, 0.05) is 14.7 Å². The molecule has 132 valence electrons. The lowest BCUT2D eigenvalue weighted by Gasteiger charge is -2.14. The number of fused-ring (bicyclic) bond motifs is 1. The maximum atomic E-state index is 11.1. The van der Waals surface area contributed by atoms with Gasteiger partial charge in [-0.1, -0.05) is 66.7 Å². The van der Waals surface area contributed by atoms with Gasteiger partial charge in [-0.05, 0) is 62.7 Å². The molecule has 4 aromatic rings. The van der Waals surface area contributed by atoms with Crippen LogP contribution in [0.3, 0.4) is 0 Å². The van der Waals surface area contributed by atoms with Crippen molar-refractivity contribution in [2.24, 2.45) is 0 Å². The van der Waals surface area contributed by atoms with Gasteiger partial charge in [-0.15, -0.1) is 0 Å². The number of benzene rings is 4. The molecular formula is C23H15IO3. The molecular weight excluding hydrogens is 451 g/mol. The van der Waals surface area contributed by atoms with Crippen LogP contribution in [0, 0.1) is 3.57 Å². The second kappa shape index (κ2) is 7.40. The smallest absolute Gasteiger partial charge is 0.449 e. The van der Waals surface area contributed by atoms with Gasteiger partial charge in [0.15, 0.2) is 0 Å². The molecule has 0 aliphatic rings. The predicted octanol–water partition coefficient (Wildman–Crippen LogP) is 6.84. The Morgan fingerprint density at radius 2 is 1.56 bits per heavy atom. The molecule has 0 heterocycles. The van der Waals surface area contributed by atoms with Gasteiger partial charge in [-0.25, -0.2) is 4.79 Å². The van der Waals surface area contributed by atoms with Crippen LogP contribution >= 0.6 is 22.6 Å². The predicted molar refractivity (Wildman–Crippen MR) is 116 cm³/mol. The highest BCUT2D eigenvalue weighted by molar-refractivity contribution is 14.1. The molecule has 4 aromatic carbocycles. The first kappa shape index (κ1) is 17.5. The summed E-state index contributed by atoms with van der Waals surface area (Å²) in [5.41, 5.74) is 3.81. The highest BCUT2D eigenvalue weighted by Gasteiger charge is 2.14. The lowest BCUT2D eigenvalue weighted by atomic mass is 9.94. The van der Waals surface area contributed by atoms with Crippen molar-refractivity contribution in [2.75, 3.05) is 0 Å². The SMILES string of the molecule is O=C(O)Oc1ccc(-c2c(I)ccc3ccccc23)cc1-c1ccccc1. The van der Waals surface area contributed by atoms with Crippen LogP contribution in [-0.4, -0.2) is 11.3 Å². The number of rotatable bonds is 3. The summed E-state index contributed by atoms with van der Waals surface area (Å²) in [6, 6.07) is 27.8. The summed E-state index contributed by atoms with van der Waals surface area (Å²) >= 11 is 2.34. The van der Waals surface area contributed by atoms with Crippen molar-refractivity contribution in [3.63, 3.8) is 0 Å². The van der Waals surface area contributed by atoms with Crippen LogP contribution in [0.4, 0.5) is 4.79 Å². The molecule has 0 aliphatic carbocycles. The first-order valence-corrected chi connectivity index (χ1v) is 9.49. The highest BCUT2D eigenvalue weighted by atomic mass is 127. The van der Waals surface area contributed by atoms with Gasteiger partial charge in [0.2, 0.25) is 0 Å². The van der Waals surface area contributed by atoms with Gasteiger partial charge >= 0.3 is 6.16 Å². The Hall–Kier alpha value is -2.86. The van der Waals surface area contributed by atoms with Crippen LogP contribution in [0.25, 0.3) is 33.0 Å². The fourth-order valence-electron chi connectivity index (χ4n) is 3.25. The Bertz CT molecular complexity index is 1140. The molecule has 1 N–H and O–H groups in total. The molecule has 4 rings (SSSR count). The van der Waals surface area contributed by atoms with Crippen LogP contribution < -0.4 is 4.74 Å². The lowest BCUT2D eigenvalue weighted by molar-refractivity contribution is 0.144. The molecule has 0 saturated carbocycles. The topological polar surface area (TPSA) is 46.5 Å². The Labute approximate surface area is 170 Å². The minimum absolute atomic E-state index is 0.327. The summed E-state index contributed by atoms with van der Waals surface area (Å²) in [5.74, 6) is 0.327. The standard InChI is InChI=1S/C23H15IO3/c24-20-12-10-16-8-4-5-9-18(16)22(20)17-11-13-21(27-23(25)26)19(14-17)15-6-2-1-3-7-15/h1-14H,(H,25,26). The maximum absolute atomic E-state index is 11.1. The molecule has 0 spiro atoms. The van der Waals surface area contributed by atoms with E-state index in [-0.39, 0.29) is 0 Å². The van der Waals surface area contributed by atoms with Crippen LogP contribution in [0.5, 0.6) is 5.75 Å². The Kier molecular flexibility index (Phi) is 4.81. The molecule has 0 amide bonds. The van der Waals surface area contributed by atoms with Crippen molar-refractivity contribution in [3.05, 3.63) is 88.5 Å². The van der Waals surface area contributed by atoms with E-state index in [1.54, 1.807) is 6.07 Å². The third-order valence-corrected chi connectivity index (χ3v) is 5.33. The molecule has 0 unspecified atom stereocenters. The van der Waals surface area contributed by atoms with E-state index in [0.717, 1.165) is 31.2 Å². The first-order valence-electron chi connectivity index (χ1n) is 8.41. The quantitative estimate of drug-likeness (QED) is 0.204. The Morgan fingerprint density at radius 1 is 0.815 bits per heavy atom. The van der Waals surface area contributed by atoms with Gasteiger partial charge in [0.05, 0.1) is 0 Å². The number of halogens is 1. The molecule has 0 radical (unpaired) electrons. The van der Waals surface area contributed by atoms with Gasteiger partial charge in [0.1, 0.15) is 5.75 Å². The van der Waals surface area contributed by atoms with Crippen molar-refractivity contribution in [2.45, 2.75) is 0 Å². The zero-order chi connectivity index (χ0) is 18.8. The fraction of sp³-hybridized carbons (Fsp3) is 0. The van der Waals surface area contributed by atoms with E-state index in [9.17, 15) is 4.79 Å². The average molecular weight is 466 g/mol. The molecule has 4 heteroatoms. The molecule has 0 saturated heterocycles. The Morgan fingerprint density at radius 3 is 2.33 bits per heavy atom. The van der Waals surface area contributed by atoms with E-state index >= 15 is 0 Å². The third-order valence-electron chi connectivity index (χ3n) is 4.43. The number of carboxylic acid groups (broad SMARTS) is 1. The second-order valence-electron chi connectivity index (χ2n) is 6.09. The number of carbonyl (C=O) groups is 1. The molecule has 0 bridgehead atoms. The van der Waals surface area contributed by atoms with Crippen LogP contribution in [0.1, 0.15) is 0 Å². The first-order chi connectivity index (χ1) is 13.1. The monoisotopic (exact) mass is 466 g/mol. The normalized spacial score (nSPS) is 10.7. The summed E-state index contributed by atoms with van der Waals surface area (Å²) in [5, 5.41) is 11.4. The number of hydrogen-bond acceptors (Lipinski definition) is 2. The maximum Gasteiger partial charge on any atom is 0.511 e. The van der Waals surface area contributed by atoms with E-state index < -0.39 is 6.16 Å². The van der Waals surface area contributed by atoms with Crippen molar-refractivity contribution < 1.29 is 14.6 Å². The van der Waals surface area contributed by atoms with Gasteiger partial charge in [-0.2, -0.15) is 0 Å². The van der Waals surface area contributed by atoms with E-state index in [4.69, 9.17) is 9.84 Å². The van der Waals surface area contributed by atoms with E-state index in [1.807, 2.05) is 54.6 Å². The summed E-state index contributed by atoms with van der Waals surface area (Å²) in [7, 11) is 0. The van der Waals surface area contributed by atoms with Crippen molar-refractivity contribution in [3.8, 4) is 28.0 Å². The van der Waals surface area contributed by atoms with Crippen molar-refractivity contribution in [1.82, 2.24) is 0 Å². The minimum atomic E-state index is -1.32. The zero-order valence-electron chi connectivity index (χ0n) is 14.2. The largest absolute Gasteiger partial charge is 0.511 e. The molecule has 0 atom stereocenters. The molecule has 0 aromatic heterocycles. The molecule has 27 heavy (non-hydrogen) atoms. The summed E-state index contributed by atoms with van der Waals surface area (Å²) in [6.07, 6.45) is -1.32. The fourth-order valence-corrected chi connectivity index (χ4v) is 4.03. The van der Waals surface area contributed by atoms with Crippen molar-refractivity contribution in [1.29, 1.82) is 0 Å². The molecule has 0 fully saturated rings. The number of hydrogen-bond donors (Lipinski definition) is 1. The van der Waals surface area contributed by atoms with E-state index in [1.165, 1.54) is 5.39 Å². The highest BCUT2D eigenvalue weighted by Crippen LogP contribution is 2.38. The van der Waals surface area contributed by atoms with Crippen LogP contribution in [-0.2, 0) is 0 Å². The van der Waals surface area contributed by atoms with E-state index in [2.05, 4.69) is 46.9 Å². The van der Waals surface area contributed by atoms with Crippen molar-refractivity contribution >= 4 is 39.5 Å². The minimum Gasteiger partial charge on any atom is -0.449 e. The van der Waals surface area contributed by atoms with Gasteiger partial charge < -0.3 is 9.84 Å². The van der Waals surface area contributed by atoms with Gasteiger partial charge in [0.25, 0.3) is 0 Å². The molecule has 3 nitrogen and oxygen atoms in total. The second-order valence-corrected chi connectivity index (χ2v) is 7.25. The summed E-state index contributed by atoms with van der Waals surface area (Å²) in [6.45, 7) is 0. The number of ether oxygens (including phenoxy) is 1. The third kappa shape index (κ3) is 3.53. The Balaban J connectivity index is 1.96. The summed E-state index contributed by atoms with van der Waals surface area (Å²) in [4.78, 5) is 11.1. The zero-order valence-corrected chi connectivity index (χ0v) is 16.4. The average Bonchev–Trinajstić information content (AvgIpc) is 2.69. The molecule has 0 aliphatic heterocycles. The van der Waals surface area contributed by atoms with Crippen LogP contribution in [0.15, 0.2) is 84.9 Å². The lowest BCUT2D eigenvalue weighted by Crippen LogP contribution is -2.04. The summed E-state index contributed by atoms with van der Waals surface area (Å²) < 4.78 is 6.16.